The van der Waals surface area contributed by atoms with Crippen LogP contribution in [-0.4, -0.2) is 40.6 Å². The van der Waals surface area contributed by atoms with Gasteiger partial charge in [-0.2, -0.15) is 0 Å². The number of amides is 2. The molecule has 2 rings (SSSR count). The van der Waals surface area contributed by atoms with E-state index in [0.29, 0.717) is 18.7 Å². The molecule has 0 saturated heterocycles. The second kappa shape index (κ2) is 11.9. The molecule has 1 atom stereocenters. The van der Waals surface area contributed by atoms with E-state index in [4.69, 9.17) is 0 Å². The van der Waals surface area contributed by atoms with Gasteiger partial charge in [0.2, 0.25) is 11.8 Å². The van der Waals surface area contributed by atoms with E-state index in [1.165, 1.54) is 16.7 Å². The molecule has 0 unspecified atom stereocenters. The smallest absolute Gasteiger partial charge is 0.243 e. The summed E-state index contributed by atoms with van der Waals surface area (Å²) >= 11 is 1.60. The van der Waals surface area contributed by atoms with Crippen molar-refractivity contribution in [1.29, 1.82) is 0 Å². The van der Waals surface area contributed by atoms with Gasteiger partial charge in [0.05, 0.1) is 5.75 Å². The number of hydrogen-bond donors (Lipinski definition) is 1. The average Bonchev–Trinajstić information content (AvgIpc) is 2.70. The predicted molar refractivity (Wildman–Crippen MR) is 131 cm³/mol. The fourth-order valence-electron chi connectivity index (χ4n) is 3.49. The first kappa shape index (κ1) is 25.0. The van der Waals surface area contributed by atoms with Crippen LogP contribution in [0.25, 0.3) is 0 Å². The van der Waals surface area contributed by atoms with Crippen LogP contribution < -0.4 is 5.32 Å². The van der Waals surface area contributed by atoms with E-state index < -0.39 is 6.04 Å². The third-order valence-corrected chi connectivity index (χ3v) is 5.93. The average molecular weight is 441 g/mol. The number of nitrogens with one attached hydrogen (secondary N) is 1. The maximum atomic E-state index is 13.2. The van der Waals surface area contributed by atoms with E-state index in [2.05, 4.69) is 42.6 Å². The van der Waals surface area contributed by atoms with Crippen molar-refractivity contribution in [3.63, 3.8) is 0 Å². The molecule has 4 nitrogen and oxygen atoms in total. The van der Waals surface area contributed by atoms with Gasteiger partial charge in [-0.3, -0.25) is 9.59 Å². The summed E-state index contributed by atoms with van der Waals surface area (Å²) < 4.78 is 0. The van der Waals surface area contributed by atoms with Gasteiger partial charge in [-0.05, 0) is 51.7 Å². The summed E-state index contributed by atoms with van der Waals surface area (Å²) in [5.74, 6) is 1.08. The fourth-order valence-corrected chi connectivity index (χ4v) is 4.35. The summed E-state index contributed by atoms with van der Waals surface area (Å²) in [6, 6.07) is 18.0. The lowest BCUT2D eigenvalue weighted by atomic mass is 10.1. The van der Waals surface area contributed by atoms with Crippen LogP contribution in [0.3, 0.4) is 0 Å². The van der Waals surface area contributed by atoms with Crippen molar-refractivity contribution in [1.82, 2.24) is 10.2 Å². The minimum atomic E-state index is -0.463. The van der Waals surface area contributed by atoms with Crippen molar-refractivity contribution in [2.45, 2.75) is 64.8 Å². The third-order valence-electron chi connectivity index (χ3n) is 4.95. The number of hydrogen-bond acceptors (Lipinski definition) is 3. The molecular weight excluding hydrogens is 404 g/mol. The molecule has 0 heterocycles. The molecule has 0 bridgehead atoms. The first-order valence-electron chi connectivity index (χ1n) is 11.0. The number of carbonyl (C=O) groups is 2. The molecule has 0 spiro atoms. The van der Waals surface area contributed by atoms with Gasteiger partial charge in [0.15, 0.2) is 0 Å². The number of benzene rings is 2. The normalized spacial score (nSPS) is 12.3. The van der Waals surface area contributed by atoms with Crippen molar-refractivity contribution in [3.05, 3.63) is 71.3 Å². The molecule has 2 aromatic rings. The van der Waals surface area contributed by atoms with E-state index in [-0.39, 0.29) is 17.4 Å². The molecule has 1 N–H and O–H groups in total. The third kappa shape index (κ3) is 8.78. The number of carbonyl (C=O) groups excluding carboxylic acids is 2. The van der Waals surface area contributed by atoms with Crippen LogP contribution in [0.5, 0.6) is 0 Å². The van der Waals surface area contributed by atoms with Crippen LogP contribution in [0.1, 0.15) is 50.8 Å². The van der Waals surface area contributed by atoms with Gasteiger partial charge < -0.3 is 10.2 Å². The minimum Gasteiger partial charge on any atom is -0.350 e. The Morgan fingerprint density at radius 2 is 1.71 bits per heavy atom. The number of nitrogens with zero attached hydrogens (tertiary/aromatic N) is 1. The molecule has 0 aliphatic heterocycles. The van der Waals surface area contributed by atoms with E-state index in [1.54, 1.807) is 16.7 Å². The molecule has 0 aliphatic rings. The fraction of sp³-hybridized carbons (Fsp3) is 0.462. The number of aryl methyl sites for hydroxylation is 1. The Bertz CT molecular complexity index is 846. The Kier molecular flexibility index (Phi) is 9.63. The van der Waals surface area contributed by atoms with Crippen LogP contribution >= 0.6 is 11.8 Å². The highest BCUT2D eigenvalue weighted by atomic mass is 32.2. The number of thioether (sulfide) groups is 1. The summed E-state index contributed by atoms with van der Waals surface area (Å²) in [6.45, 7) is 10.5. The Labute approximate surface area is 191 Å². The van der Waals surface area contributed by atoms with Gasteiger partial charge in [-0.15, -0.1) is 11.8 Å². The Balaban J connectivity index is 2.08. The van der Waals surface area contributed by atoms with Crippen molar-refractivity contribution in [2.75, 3.05) is 12.3 Å². The molecule has 0 aromatic heterocycles. The Morgan fingerprint density at radius 1 is 1.03 bits per heavy atom. The standard InChI is InChI=1S/C26H36N2O2S/c1-6-23(25(30)27-26(3,4)5)28(16-15-21-12-8-7-9-13-21)24(29)19-31-18-22-14-10-11-20(2)17-22/h7-14,17,23H,6,15-16,18-19H2,1-5H3,(H,27,30)/t23-/m1/s1. The molecule has 0 aliphatic carbocycles. The zero-order chi connectivity index (χ0) is 22.9. The molecule has 2 aromatic carbocycles. The van der Waals surface area contributed by atoms with Gasteiger partial charge >= 0.3 is 0 Å². The first-order valence-corrected chi connectivity index (χ1v) is 12.1. The summed E-state index contributed by atoms with van der Waals surface area (Å²) in [5.41, 5.74) is 3.27. The minimum absolute atomic E-state index is 0.0180. The Morgan fingerprint density at radius 3 is 2.32 bits per heavy atom. The molecule has 0 saturated carbocycles. The van der Waals surface area contributed by atoms with E-state index >= 15 is 0 Å². The van der Waals surface area contributed by atoms with Gasteiger partial charge in [-0.1, -0.05) is 67.1 Å². The van der Waals surface area contributed by atoms with Crippen LogP contribution in [0.4, 0.5) is 0 Å². The highest BCUT2D eigenvalue weighted by Crippen LogP contribution is 2.17. The van der Waals surface area contributed by atoms with Gasteiger partial charge in [-0.25, -0.2) is 0 Å². The van der Waals surface area contributed by atoms with Crippen molar-refractivity contribution >= 4 is 23.6 Å². The Hall–Kier alpha value is -2.27. The second-order valence-corrected chi connectivity index (χ2v) is 9.95. The second-order valence-electron chi connectivity index (χ2n) is 8.97. The van der Waals surface area contributed by atoms with Crippen molar-refractivity contribution < 1.29 is 9.59 Å². The van der Waals surface area contributed by atoms with Gasteiger partial charge in [0, 0.05) is 17.8 Å². The molecule has 0 radical (unpaired) electrons. The molecule has 31 heavy (non-hydrogen) atoms. The van der Waals surface area contributed by atoms with Gasteiger partial charge in [0.25, 0.3) is 0 Å². The highest BCUT2D eigenvalue weighted by Gasteiger charge is 2.30. The summed E-state index contributed by atoms with van der Waals surface area (Å²) in [5, 5.41) is 3.05. The zero-order valence-corrected chi connectivity index (χ0v) is 20.3. The number of rotatable bonds is 10. The monoisotopic (exact) mass is 440 g/mol. The summed E-state index contributed by atoms with van der Waals surface area (Å²) in [4.78, 5) is 28.0. The molecule has 5 heteroatoms. The predicted octanol–water partition coefficient (Wildman–Crippen LogP) is 4.99. The van der Waals surface area contributed by atoms with Gasteiger partial charge in [0.1, 0.15) is 6.04 Å². The SMILES string of the molecule is CC[C@H](C(=O)NC(C)(C)C)N(CCc1ccccc1)C(=O)CSCc1cccc(C)c1. The maximum absolute atomic E-state index is 13.2. The van der Waals surface area contributed by atoms with Crippen molar-refractivity contribution in [3.8, 4) is 0 Å². The molecular formula is C26H36N2O2S. The highest BCUT2D eigenvalue weighted by molar-refractivity contribution is 7.99. The van der Waals surface area contributed by atoms with E-state index in [0.717, 1.165) is 12.2 Å². The lowest BCUT2D eigenvalue weighted by Crippen LogP contribution is -2.54. The summed E-state index contributed by atoms with van der Waals surface area (Å²) in [6.07, 6.45) is 1.32. The van der Waals surface area contributed by atoms with Crippen LogP contribution in [-0.2, 0) is 21.8 Å². The molecule has 0 fully saturated rings. The summed E-state index contributed by atoms with van der Waals surface area (Å²) in [7, 11) is 0. The van der Waals surface area contributed by atoms with Crippen molar-refractivity contribution in [2.24, 2.45) is 0 Å². The lowest BCUT2D eigenvalue weighted by molar-refractivity contribution is -0.139. The molecule has 168 valence electrons. The lowest BCUT2D eigenvalue weighted by Gasteiger charge is -2.33. The van der Waals surface area contributed by atoms with Crippen LogP contribution in [0.15, 0.2) is 54.6 Å². The van der Waals surface area contributed by atoms with Crippen LogP contribution in [0, 0.1) is 6.92 Å². The molecule has 2 amide bonds. The van der Waals surface area contributed by atoms with Crippen LogP contribution in [0.2, 0.25) is 0 Å². The quantitative estimate of drug-likeness (QED) is 0.566. The topological polar surface area (TPSA) is 49.4 Å². The van der Waals surface area contributed by atoms with E-state index in [1.807, 2.05) is 52.0 Å². The largest absolute Gasteiger partial charge is 0.350 e. The van der Waals surface area contributed by atoms with E-state index in [9.17, 15) is 9.59 Å². The zero-order valence-electron chi connectivity index (χ0n) is 19.5. The first-order chi connectivity index (χ1) is 14.7. The maximum Gasteiger partial charge on any atom is 0.243 e.